The Labute approximate surface area is 116 Å². The van der Waals surface area contributed by atoms with Crippen molar-refractivity contribution >= 4 is 13.2 Å². The van der Waals surface area contributed by atoms with E-state index in [4.69, 9.17) is 9.31 Å². The standard InChI is InChI=1S/C15H22BNO2/c1-11-9-17-10-13(12(11)2)7-8-16-18-14(3,4)15(5,6)19-16/h7-10H,1-6H3/b8-7+. The second-order valence-electron chi connectivity index (χ2n) is 6.15. The fourth-order valence-corrected chi connectivity index (χ4v) is 1.97. The third kappa shape index (κ3) is 2.75. The molecule has 4 heteroatoms. The summed E-state index contributed by atoms with van der Waals surface area (Å²) in [4.78, 5) is 4.21. The van der Waals surface area contributed by atoms with Crippen molar-refractivity contribution in [2.45, 2.75) is 52.7 Å². The molecule has 1 aliphatic rings. The number of rotatable bonds is 2. The summed E-state index contributed by atoms with van der Waals surface area (Å²) in [5.74, 6) is 1.96. The smallest absolute Gasteiger partial charge is 0.400 e. The van der Waals surface area contributed by atoms with Crippen molar-refractivity contribution in [3.63, 3.8) is 0 Å². The lowest BCUT2D eigenvalue weighted by atomic mass is 9.88. The molecule has 19 heavy (non-hydrogen) atoms. The second kappa shape index (κ2) is 4.76. The van der Waals surface area contributed by atoms with Gasteiger partial charge in [-0.05, 0) is 58.2 Å². The molecule has 0 atom stereocenters. The highest BCUT2D eigenvalue weighted by Gasteiger charge is 2.49. The van der Waals surface area contributed by atoms with Gasteiger partial charge in [-0.25, -0.2) is 0 Å². The number of hydrogen-bond acceptors (Lipinski definition) is 3. The Morgan fingerprint density at radius 3 is 2.21 bits per heavy atom. The average molecular weight is 259 g/mol. The van der Waals surface area contributed by atoms with Crippen LogP contribution in [0.5, 0.6) is 0 Å². The van der Waals surface area contributed by atoms with Crippen molar-refractivity contribution in [1.82, 2.24) is 4.98 Å². The van der Waals surface area contributed by atoms with Crippen LogP contribution >= 0.6 is 0 Å². The van der Waals surface area contributed by atoms with Gasteiger partial charge in [-0.15, -0.1) is 0 Å². The molecule has 0 bridgehead atoms. The third-order valence-electron chi connectivity index (χ3n) is 4.21. The lowest BCUT2D eigenvalue weighted by Gasteiger charge is -2.32. The number of pyridine rings is 1. The first-order valence-corrected chi connectivity index (χ1v) is 6.68. The summed E-state index contributed by atoms with van der Waals surface area (Å²) in [6, 6.07) is 0. The normalized spacial score (nSPS) is 21.3. The maximum Gasteiger partial charge on any atom is 0.487 e. The van der Waals surface area contributed by atoms with Gasteiger partial charge < -0.3 is 9.31 Å². The maximum atomic E-state index is 5.93. The first kappa shape index (κ1) is 14.3. The van der Waals surface area contributed by atoms with Crippen LogP contribution in [0.4, 0.5) is 0 Å². The van der Waals surface area contributed by atoms with E-state index in [-0.39, 0.29) is 18.3 Å². The molecule has 0 aliphatic carbocycles. The van der Waals surface area contributed by atoms with Crippen molar-refractivity contribution in [2.75, 3.05) is 0 Å². The minimum Gasteiger partial charge on any atom is -0.400 e. The van der Waals surface area contributed by atoms with Crippen LogP contribution < -0.4 is 0 Å². The molecule has 1 aromatic rings. The largest absolute Gasteiger partial charge is 0.487 e. The average Bonchev–Trinajstić information content (AvgIpc) is 2.50. The SMILES string of the molecule is Cc1cncc(/C=C/B2OC(C)(C)C(C)(C)O2)c1C. The predicted molar refractivity (Wildman–Crippen MR) is 78.8 cm³/mol. The van der Waals surface area contributed by atoms with E-state index >= 15 is 0 Å². The van der Waals surface area contributed by atoms with Crippen molar-refractivity contribution < 1.29 is 9.31 Å². The highest BCUT2D eigenvalue weighted by molar-refractivity contribution is 6.52. The molecule has 0 spiro atoms. The van der Waals surface area contributed by atoms with Gasteiger partial charge in [0.15, 0.2) is 0 Å². The molecule has 0 aromatic carbocycles. The van der Waals surface area contributed by atoms with Gasteiger partial charge in [-0.3, -0.25) is 4.98 Å². The Morgan fingerprint density at radius 2 is 1.63 bits per heavy atom. The monoisotopic (exact) mass is 259 g/mol. The van der Waals surface area contributed by atoms with Gasteiger partial charge in [0.1, 0.15) is 0 Å². The molecule has 1 saturated heterocycles. The summed E-state index contributed by atoms with van der Waals surface area (Å²) in [5.41, 5.74) is 2.96. The summed E-state index contributed by atoms with van der Waals surface area (Å²) >= 11 is 0. The van der Waals surface area contributed by atoms with Crippen LogP contribution in [0, 0.1) is 13.8 Å². The first-order valence-electron chi connectivity index (χ1n) is 6.68. The van der Waals surface area contributed by atoms with Crippen LogP contribution in [0.15, 0.2) is 18.4 Å². The zero-order chi connectivity index (χ0) is 14.3. The quantitative estimate of drug-likeness (QED) is 0.763. The Morgan fingerprint density at radius 1 is 1.05 bits per heavy atom. The van der Waals surface area contributed by atoms with Crippen molar-refractivity contribution in [2.24, 2.45) is 0 Å². The third-order valence-corrected chi connectivity index (χ3v) is 4.21. The van der Waals surface area contributed by atoms with Gasteiger partial charge >= 0.3 is 7.12 Å². The van der Waals surface area contributed by atoms with Crippen LogP contribution in [0.25, 0.3) is 6.08 Å². The summed E-state index contributed by atoms with van der Waals surface area (Å²) < 4.78 is 11.9. The van der Waals surface area contributed by atoms with Crippen LogP contribution in [-0.4, -0.2) is 23.3 Å². The maximum absolute atomic E-state index is 5.93. The topological polar surface area (TPSA) is 31.4 Å². The van der Waals surface area contributed by atoms with E-state index in [2.05, 4.69) is 46.5 Å². The van der Waals surface area contributed by atoms with E-state index in [1.165, 1.54) is 11.1 Å². The molecule has 0 unspecified atom stereocenters. The van der Waals surface area contributed by atoms with Gasteiger partial charge in [-0.1, -0.05) is 12.1 Å². The van der Waals surface area contributed by atoms with E-state index < -0.39 is 0 Å². The lowest BCUT2D eigenvalue weighted by molar-refractivity contribution is 0.00578. The molecule has 0 N–H and O–H groups in total. The summed E-state index contributed by atoms with van der Waals surface area (Å²) in [5, 5.41) is 0. The molecule has 1 aromatic heterocycles. The van der Waals surface area contributed by atoms with Crippen LogP contribution in [-0.2, 0) is 9.31 Å². The van der Waals surface area contributed by atoms with E-state index in [0.717, 1.165) is 5.56 Å². The molecule has 2 heterocycles. The van der Waals surface area contributed by atoms with Gasteiger partial charge in [0.05, 0.1) is 11.2 Å². The van der Waals surface area contributed by atoms with Crippen LogP contribution in [0.2, 0.25) is 0 Å². The fourth-order valence-electron chi connectivity index (χ4n) is 1.97. The van der Waals surface area contributed by atoms with E-state index in [0.29, 0.717) is 0 Å². The summed E-state index contributed by atoms with van der Waals surface area (Å²) in [6.07, 6.45) is 5.77. The Kier molecular flexibility index (Phi) is 3.58. The van der Waals surface area contributed by atoms with Crippen LogP contribution in [0.3, 0.4) is 0 Å². The van der Waals surface area contributed by atoms with Crippen LogP contribution in [0.1, 0.15) is 44.4 Å². The number of nitrogens with zero attached hydrogens (tertiary/aromatic N) is 1. The molecule has 0 amide bonds. The molecule has 1 fully saturated rings. The van der Waals surface area contributed by atoms with Crippen molar-refractivity contribution in [3.05, 3.63) is 35.1 Å². The number of aromatic nitrogens is 1. The molecule has 0 radical (unpaired) electrons. The highest BCUT2D eigenvalue weighted by atomic mass is 16.7. The van der Waals surface area contributed by atoms with Gasteiger partial charge in [0, 0.05) is 12.4 Å². The molecular weight excluding hydrogens is 237 g/mol. The Bertz CT molecular complexity index is 493. The minimum absolute atomic E-state index is 0.290. The molecule has 1 aliphatic heterocycles. The summed E-state index contributed by atoms with van der Waals surface area (Å²) in [7, 11) is -0.301. The Balaban J connectivity index is 2.15. The van der Waals surface area contributed by atoms with E-state index in [9.17, 15) is 0 Å². The zero-order valence-electron chi connectivity index (χ0n) is 12.7. The molecule has 102 valence electrons. The fraction of sp³-hybridized carbons (Fsp3) is 0.533. The molecular formula is C15H22BNO2. The minimum atomic E-state index is -0.301. The number of aryl methyl sites for hydroxylation is 1. The van der Waals surface area contributed by atoms with Gasteiger partial charge in [0.2, 0.25) is 0 Å². The van der Waals surface area contributed by atoms with E-state index in [1.54, 1.807) is 0 Å². The highest BCUT2D eigenvalue weighted by Crippen LogP contribution is 2.37. The molecule has 2 rings (SSSR count). The zero-order valence-corrected chi connectivity index (χ0v) is 12.7. The Hall–Kier alpha value is -1.13. The van der Waals surface area contributed by atoms with Gasteiger partial charge in [-0.2, -0.15) is 0 Å². The molecule has 0 saturated carbocycles. The van der Waals surface area contributed by atoms with Gasteiger partial charge in [0.25, 0.3) is 0 Å². The van der Waals surface area contributed by atoms with Crippen molar-refractivity contribution in [3.8, 4) is 0 Å². The molecule has 3 nitrogen and oxygen atoms in total. The van der Waals surface area contributed by atoms with Crippen molar-refractivity contribution in [1.29, 1.82) is 0 Å². The summed E-state index contributed by atoms with van der Waals surface area (Å²) in [6.45, 7) is 12.4. The van der Waals surface area contributed by atoms with E-state index in [1.807, 2.05) is 24.4 Å². The number of hydrogen-bond donors (Lipinski definition) is 0. The predicted octanol–water partition coefficient (Wildman–Crippen LogP) is 3.34. The first-order chi connectivity index (χ1) is 8.73. The lowest BCUT2D eigenvalue weighted by Crippen LogP contribution is -2.41. The second-order valence-corrected chi connectivity index (χ2v) is 6.15.